The third kappa shape index (κ3) is 3.27. The first-order chi connectivity index (χ1) is 9.72. The van der Waals surface area contributed by atoms with Crippen molar-refractivity contribution in [3.63, 3.8) is 0 Å². The number of hydrogen-bond acceptors (Lipinski definition) is 5. The smallest absolute Gasteiger partial charge is 0.345 e. The van der Waals surface area contributed by atoms with Crippen LogP contribution in [-0.2, 0) is 10.0 Å². The number of anilines is 1. The fraction of sp³-hybridized carbons (Fsp3) is 0.273. The van der Waals surface area contributed by atoms with E-state index in [1.54, 1.807) is 0 Å². The summed E-state index contributed by atoms with van der Waals surface area (Å²) in [5.74, 6) is -0.852. The fourth-order valence-corrected chi connectivity index (χ4v) is 5.09. The SMILES string of the molecule is CC(C)n1nccc1NS(=O)(=O)c1cc(C(=O)O)sc1Br. The van der Waals surface area contributed by atoms with Gasteiger partial charge in [0.1, 0.15) is 15.6 Å². The van der Waals surface area contributed by atoms with Crippen molar-refractivity contribution in [1.29, 1.82) is 0 Å². The number of nitrogens with zero attached hydrogens (tertiary/aromatic N) is 2. The molecule has 0 aliphatic heterocycles. The van der Waals surface area contributed by atoms with Crippen LogP contribution in [0.25, 0.3) is 0 Å². The van der Waals surface area contributed by atoms with Gasteiger partial charge in [-0.2, -0.15) is 5.10 Å². The van der Waals surface area contributed by atoms with Crippen molar-refractivity contribution in [3.8, 4) is 0 Å². The summed E-state index contributed by atoms with van der Waals surface area (Å²) in [6, 6.07) is 2.64. The van der Waals surface area contributed by atoms with Crippen LogP contribution in [0.2, 0.25) is 0 Å². The normalized spacial score (nSPS) is 11.8. The Morgan fingerprint density at radius 2 is 2.19 bits per heavy atom. The van der Waals surface area contributed by atoms with E-state index in [-0.39, 0.29) is 19.6 Å². The highest BCUT2D eigenvalue weighted by molar-refractivity contribution is 9.11. The molecule has 2 rings (SSSR count). The summed E-state index contributed by atoms with van der Waals surface area (Å²) < 4.78 is 28.9. The molecule has 0 aromatic carbocycles. The zero-order valence-electron chi connectivity index (χ0n) is 11.1. The number of carboxylic acid groups (broad SMARTS) is 1. The van der Waals surface area contributed by atoms with Gasteiger partial charge in [-0.3, -0.25) is 4.72 Å². The van der Waals surface area contributed by atoms with E-state index >= 15 is 0 Å². The molecule has 2 aromatic rings. The van der Waals surface area contributed by atoms with Crippen molar-refractivity contribution < 1.29 is 18.3 Å². The Hall–Kier alpha value is -1.39. The molecule has 0 amide bonds. The Morgan fingerprint density at radius 1 is 1.52 bits per heavy atom. The highest BCUT2D eigenvalue weighted by Crippen LogP contribution is 2.33. The first kappa shape index (κ1) is 16.0. The van der Waals surface area contributed by atoms with Gasteiger partial charge >= 0.3 is 5.97 Å². The number of thiophene rings is 1. The second-order valence-corrected chi connectivity index (χ2v) is 8.43. The third-order valence-electron chi connectivity index (χ3n) is 2.55. The van der Waals surface area contributed by atoms with Gasteiger partial charge in [-0.25, -0.2) is 17.9 Å². The van der Waals surface area contributed by atoms with Gasteiger partial charge in [-0.05, 0) is 35.8 Å². The molecule has 0 fully saturated rings. The molecule has 0 radical (unpaired) electrons. The zero-order valence-corrected chi connectivity index (χ0v) is 14.3. The molecule has 10 heteroatoms. The molecule has 0 atom stereocenters. The van der Waals surface area contributed by atoms with Crippen LogP contribution < -0.4 is 4.72 Å². The monoisotopic (exact) mass is 393 g/mol. The summed E-state index contributed by atoms with van der Waals surface area (Å²) in [5.41, 5.74) is 0. The molecule has 0 saturated heterocycles. The number of carboxylic acids is 1. The second-order valence-electron chi connectivity index (χ2n) is 4.41. The number of sulfonamides is 1. The number of hydrogen-bond donors (Lipinski definition) is 2. The van der Waals surface area contributed by atoms with E-state index in [1.165, 1.54) is 16.9 Å². The summed E-state index contributed by atoms with van der Waals surface area (Å²) in [5, 5.41) is 13.0. The van der Waals surface area contributed by atoms with Crippen LogP contribution in [0.5, 0.6) is 0 Å². The van der Waals surface area contributed by atoms with Crippen molar-refractivity contribution in [3.05, 3.63) is 27.0 Å². The summed E-state index contributed by atoms with van der Waals surface area (Å²) >= 11 is 3.93. The van der Waals surface area contributed by atoms with Crippen LogP contribution in [-0.4, -0.2) is 29.3 Å². The minimum atomic E-state index is -3.89. The van der Waals surface area contributed by atoms with Crippen molar-refractivity contribution in [2.75, 3.05) is 4.72 Å². The van der Waals surface area contributed by atoms with Crippen LogP contribution in [0.1, 0.15) is 29.6 Å². The molecule has 21 heavy (non-hydrogen) atoms. The number of aromatic nitrogens is 2. The fourth-order valence-electron chi connectivity index (χ4n) is 1.64. The lowest BCUT2D eigenvalue weighted by atomic mass is 10.4. The lowest BCUT2D eigenvalue weighted by Gasteiger charge is -2.12. The quantitative estimate of drug-likeness (QED) is 0.812. The van der Waals surface area contributed by atoms with Gasteiger partial charge in [-0.15, -0.1) is 11.3 Å². The van der Waals surface area contributed by atoms with E-state index in [0.29, 0.717) is 5.82 Å². The summed E-state index contributed by atoms with van der Waals surface area (Å²) in [4.78, 5) is 10.7. The molecular formula is C11H12BrN3O4S2. The molecule has 114 valence electrons. The van der Waals surface area contributed by atoms with Crippen LogP contribution >= 0.6 is 27.3 Å². The Balaban J connectivity index is 2.39. The van der Waals surface area contributed by atoms with Gasteiger partial charge in [0.25, 0.3) is 10.0 Å². The topological polar surface area (TPSA) is 101 Å². The first-order valence-electron chi connectivity index (χ1n) is 5.81. The van der Waals surface area contributed by atoms with Crippen LogP contribution in [0.15, 0.2) is 27.0 Å². The molecule has 0 spiro atoms. The van der Waals surface area contributed by atoms with E-state index < -0.39 is 16.0 Å². The number of rotatable bonds is 5. The molecule has 2 N–H and O–H groups in total. The van der Waals surface area contributed by atoms with Crippen LogP contribution in [0.3, 0.4) is 0 Å². The molecule has 0 unspecified atom stereocenters. The predicted octanol–water partition coefficient (Wildman–Crippen LogP) is 2.79. The Bertz CT molecular complexity index is 779. The number of halogens is 1. The summed E-state index contributed by atoms with van der Waals surface area (Å²) in [7, 11) is -3.89. The van der Waals surface area contributed by atoms with E-state index in [1.807, 2.05) is 13.8 Å². The van der Waals surface area contributed by atoms with E-state index in [9.17, 15) is 13.2 Å². The van der Waals surface area contributed by atoms with Crippen LogP contribution in [0.4, 0.5) is 5.82 Å². The van der Waals surface area contributed by atoms with E-state index in [0.717, 1.165) is 17.4 Å². The first-order valence-corrected chi connectivity index (χ1v) is 8.90. The lowest BCUT2D eigenvalue weighted by molar-refractivity contribution is 0.0702. The average molecular weight is 394 g/mol. The molecule has 2 heterocycles. The zero-order chi connectivity index (χ0) is 15.8. The van der Waals surface area contributed by atoms with Gasteiger partial charge in [0.2, 0.25) is 0 Å². The maximum Gasteiger partial charge on any atom is 0.345 e. The van der Waals surface area contributed by atoms with Gasteiger partial charge in [0.05, 0.1) is 9.98 Å². The lowest BCUT2D eigenvalue weighted by Crippen LogP contribution is -2.17. The van der Waals surface area contributed by atoms with E-state index in [2.05, 4.69) is 25.8 Å². The minimum absolute atomic E-state index is 0.0156. The molecule has 0 saturated carbocycles. The maximum atomic E-state index is 12.4. The third-order valence-corrected chi connectivity index (χ3v) is 6.15. The predicted molar refractivity (Wildman–Crippen MR) is 82.4 cm³/mol. The molecular weight excluding hydrogens is 382 g/mol. The minimum Gasteiger partial charge on any atom is -0.477 e. The molecule has 7 nitrogen and oxygen atoms in total. The van der Waals surface area contributed by atoms with Crippen LogP contribution in [0, 0.1) is 0 Å². The van der Waals surface area contributed by atoms with Crippen molar-refractivity contribution in [1.82, 2.24) is 9.78 Å². The number of carbonyl (C=O) groups is 1. The number of aromatic carboxylic acids is 1. The molecule has 0 bridgehead atoms. The van der Waals surface area contributed by atoms with Gasteiger partial charge < -0.3 is 5.11 Å². The van der Waals surface area contributed by atoms with Gasteiger partial charge in [0, 0.05) is 12.1 Å². The summed E-state index contributed by atoms with van der Waals surface area (Å²) in [6.07, 6.45) is 1.49. The molecule has 0 aliphatic carbocycles. The van der Waals surface area contributed by atoms with Crippen molar-refractivity contribution in [2.24, 2.45) is 0 Å². The Morgan fingerprint density at radius 3 is 2.71 bits per heavy atom. The second kappa shape index (κ2) is 5.78. The van der Waals surface area contributed by atoms with Gasteiger partial charge in [0.15, 0.2) is 0 Å². The average Bonchev–Trinajstić information content (AvgIpc) is 2.95. The Labute approximate surface area is 133 Å². The highest BCUT2D eigenvalue weighted by atomic mass is 79.9. The highest BCUT2D eigenvalue weighted by Gasteiger charge is 2.24. The largest absolute Gasteiger partial charge is 0.477 e. The van der Waals surface area contributed by atoms with E-state index in [4.69, 9.17) is 5.11 Å². The number of nitrogens with one attached hydrogen (secondary N) is 1. The van der Waals surface area contributed by atoms with Crippen molar-refractivity contribution >= 4 is 49.1 Å². The van der Waals surface area contributed by atoms with Crippen molar-refractivity contribution in [2.45, 2.75) is 24.8 Å². The summed E-state index contributed by atoms with van der Waals surface area (Å²) in [6.45, 7) is 3.74. The standard InChI is InChI=1S/C11H12BrN3O4S2/c1-6(2)15-9(3-4-13-15)14-21(18,19)8-5-7(11(16)17)20-10(8)12/h3-6,14H,1-2H3,(H,16,17). The maximum absolute atomic E-state index is 12.4. The van der Waals surface area contributed by atoms with Gasteiger partial charge in [-0.1, -0.05) is 0 Å². The Kier molecular flexibility index (Phi) is 4.40. The molecule has 0 aliphatic rings. The molecule has 2 aromatic heterocycles.